The Morgan fingerprint density at radius 1 is 1.31 bits per heavy atom. The molecule has 1 aromatic heterocycles. The largest absolute Gasteiger partial charge is 0.472 e. The lowest BCUT2D eigenvalue weighted by atomic mass is 9.60. The lowest BCUT2D eigenvalue weighted by Crippen LogP contribution is -2.36. The Kier molecular flexibility index (Phi) is 3.41. The van der Waals surface area contributed by atoms with Gasteiger partial charge in [-0.05, 0) is 41.7 Å². The second kappa shape index (κ2) is 4.65. The van der Waals surface area contributed by atoms with E-state index < -0.39 is 0 Å². The van der Waals surface area contributed by atoms with Crippen LogP contribution in [0.4, 0.5) is 0 Å². The lowest BCUT2D eigenvalue weighted by Gasteiger charge is -2.45. The molecule has 1 aromatic rings. The van der Waals surface area contributed by atoms with E-state index in [1.165, 1.54) is 37.7 Å². The van der Waals surface area contributed by atoms with Crippen LogP contribution in [0.1, 0.15) is 52.0 Å². The molecular weight excluding hydrogens is 196 g/mol. The standard InChI is InChI=1S/C15H24O/c1-12-5-4-6-13(2)15(12,3)9-7-14-8-10-16-11-14/h8,10-13H,4-7,9H2,1-3H3/t12-,13?,15?/m1/s1. The van der Waals surface area contributed by atoms with Crippen LogP contribution >= 0.6 is 0 Å². The topological polar surface area (TPSA) is 13.1 Å². The van der Waals surface area contributed by atoms with Crippen LogP contribution in [0, 0.1) is 17.3 Å². The van der Waals surface area contributed by atoms with Gasteiger partial charge in [0.2, 0.25) is 0 Å². The molecule has 90 valence electrons. The van der Waals surface area contributed by atoms with Crippen molar-refractivity contribution in [3.8, 4) is 0 Å². The van der Waals surface area contributed by atoms with Gasteiger partial charge in [-0.1, -0.05) is 40.0 Å². The van der Waals surface area contributed by atoms with E-state index in [9.17, 15) is 0 Å². The van der Waals surface area contributed by atoms with Crippen molar-refractivity contribution in [1.29, 1.82) is 0 Å². The fourth-order valence-electron chi connectivity index (χ4n) is 3.22. The summed E-state index contributed by atoms with van der Waals surface area (Å²) in [7, 11) is 0. The van der Waals surface area contributed by atoms with Crippen molar-refractivity contribution in [1.82, 2.24) is 0 Å². The molecule has 0 radical (unpaired) electrons. The molecule has 16 heavy (non-hydrogen) atoms. The summed E-state index contributed by atoms with van der Waals surface area (Å²) in [6.07, 6.45) is 10.4. The van der Waals surface area contributed by atoms with Crippen molar-refractivity contribution >= 4 is 0 Å². The zero-order valence-corrected chi connectivity index (χ0v) is 10.8. The van der Waals surface area contributed by atoms with Gasteiger partial charge < -0.3 is 4.42 Å². The molecule has 0 aliphatic heterocycles. The van der Waals surface area contributed by atoms with Crippen LogP contribution in [0.15, 0.2) is 23.0 Å². The fourth-order valence-corrected chi connectivity index (χ4v) is 3.22. The second-order valence-corrected chi connectivity index (χ2v) is 5.87. The minimum Gasteiger partial charge on any atom is -0.472 e. The zero-order valence-electron chi connectivity index (χ0n) is 10.8. The van der Waals surface area contributed by atoms with E-state index >= 15 is 0 Å². The van der Waals surface area contributed by atoms with Gasteiger partial charge >= 0.3 is 0 Å². The van der Waals surface area contributed by atoms with Gasteiger partial charge in [0, 0.05) is 0 Å². The highest BCUT2D eigenvalue weighted by molar-refractivity contribution is 5.06. The van der Waals surface area contributed by atoms with Gasteiger partial charge in [0.15, 0.2) is 0 Å². The monoisotopic (exact) mass is 220 g/mol. The lowest BCUT2D eigenvalue weighted by molar-refractivity contribution is 0.0527. The Bertz CT molecular complexity index is 302. The van der Waals surface area contributed by atoms with Crippen LogP contribution in [0.3, 0.4) is 0 Å². The minimum atomic E-state index is 0.523. The van der Waals surface area contributed by atoms with Crippen molar-refractivity contribution in [3.63, 3.8) is 0 Å². The van der Waals surface area contributed by atoms with Gasteiger partial charge in [0.1, 0.15) is 0 Å². The van der Waals surface area contributed by atoms with E-state index in [2.05, 4.69) is 26.8 Å². The number of rotatable bonds is 3. The van der Waals surface area contributed by atoms with Gasteiger partial charge in [0.25, 0.3) is 0 Å². The molecule has 0 bridgehead atoms. The maximum atomic E-state index is 5.14. The van der Waals surface area contributed by atoms with E-state index in [0.717, 1.165) is 11.8 Å². The van der Waals surface area contributed by atoms with Crippen molar-refractivity contribution in [2.45, 2.75) is 52.9 Å². The van der Waals surface area contributed by atoms with E-state index in [1.807, 2.05) is 6.26 Å². The molecule has 0 N–H and O–H groups in total. The van der Waals surface area contributed by atoms with Crippen molar-refractivity contribution < 1.29 is 4.42 Å². The van der Waals surface area contributed by atoms with E-state index in [0.29, 0.717) is 5.41 Å². The second-order valence-electron chi connectivity index (χ2n) is 5.87. The molecule has 2 rings (SSSR count). The van der Waals surface area contributed by atoms with Gasteiger partial charge in [0.05, 0.1) is 12.5 Å². The molecule has 0 spiro atoms. The third-order valence-electron chi connectivity index (χ3n) is 5.06. The van der Waals surface area contributed by atoms with Crippen LogP contribution in [0.5, 0.6) is 0 Å². The van der Waals surface area contributed by atoms with Gasteiger partial charge in [-0.2, -0.15) is 0 Å². The maximum Gasteiger partial charge on any atom is 0.0934 e. The molecule has 3 atom stereocenters. The summed E-state index contributed by atoms with van der Waals surface area (Å²) >= 11 is 0. The van der Waals surface area contributed by atoms with Crippen molar-refractivity contribution in [2.24, 2.45) is 17.3 Å². The normalized spacial score (nSPS) is 35.2. The van der Waals surface area contributed by atoms with Crippen molar-refractivity contribution in [3.05, 3.63) is 24.2 Å². The predicted molar refractivity (Wildman–Crippen MR) is 67.3 cm³/mol. The molecule has 1 aliphatic carbocycles. The maximum absolute atomic E-state index is 5.14. The Labute approximate surface area is 99.2 Å². The van der Waals surface area contributed by atoms with Crippen molar-refractivity contribution in [2.75, 3.05) is 0 Å². The highest BCUT2D eigenvalue weighted by Gasteiger charge is 2.38. The van der Waals surface area contributed by atoms with Crippen LogP contribution in [-0.4, -0.2) is 0 Å². The summed E-state index contributed by atoms with van der Waals surface area (Å²) in [6, 6.07) is 2.10. The third kappa shape index (κ3) is 2.18. The molecule has 1 aliphatic rings. The molecule has 0 aromatic carbocycles. The Balaban J connectivity index is 2.00. The highest BCUT2D eigenvalue weighted by atomic mass is 16.3. The van der Waals surface area contributed by atoms with Crippen LogP contribution in [-0.2, 0) is 6.42 Å². The highest BCUT2D eigenvalue weighted by Crippen LogP contribution is 2.47. The Hall–Kier alpha value is -0.720. The predicted octanol–water partition coefficient (Wildman–Crippen LogP) is 4.67. The number of hydrogen-bond donors (Lipinski definition) is 0. The van der Waals surface area contributed by atoms with E-state index in [-0.39, 0.29) is 0 Å². The molecule has 1 saturated carbocycles. The first-order chi connectivity index (χ1) is 7.63. The summed E-state index contributed by atoms with van der Waals surface area (Å²) in [5.74, 6) is 1.73. The van der Waals surface area contributed by atoms with E-state index in [4.69, 9.17) is 4.42 Å². The van der Waals surface area contributed by atoms with Gasteiger partial charge in [-0.15, -0.1) is 0 Å². The minimum absolute atomic E-state index is 0.523. The zero-order chi connectivity index (χ0) is 11.6. The smallest absolute Gasteiger partial charge is 0.0934 e. The fraction of sp³-hybridized carbons (Fsp3) is 0.733. The summed E-state index contributed by atoms with van der Waals surface area (Å²) in [6.45, 7) is 7.36. The Morgan fingerprint density at radius 2 is 2.00 bits per heavy atom. The summed E-state index contributed by atoms with van der Waals surface area (Å²) in [5, 5.41) is 0. The molecule has 2 unspecified atom stereocenters. The van der Waals surface area contributed by atoms with Gasteiger partial charge in [-0.3, -0.25) is 0 Å². The number of hydrogen-bond acceptors (Lipinski definition) is 1. The SMILES string of the molecule is CC1CCC[C@@H](C)C1(C)CCc1ccoc1. The van der Waals surface area contributed by atoms with Crippen LogP contribution in [0.25, 0.3) is 0 Å². The molecule has 1 fully saturated rings. The van der Waals surface area contributed by atoms with E-state index in [1.54, 1.807) is 6.26 Å². The number of furan rings is 1. The molecule has 1 heteroatoms. The first-order valence-electron chi connectivity index (χ1n) is 6.64. The first-order valence-corrected chi connectivity index (χ1v) is 6.64. The average Bonchev–Trinajstić information content (AvgIpc) is 2.76. The third-order valence-corrected chi connectivity index (χ3v) is 5.06. The first kappa shape index (κ1) is 11.8. The summed E-state index contributed by atoms with van der Waals surface area (Å²) < 4.78 is 5.14. The Morgan fingerprint density at radius 3 is 2.56 bits per heavy atom. The van der Waals surface area contributed by atoms with Crippen LogP contribution in [0.2, 0.25) is 0 Å². The molecule has 0 saturated heterocycles. The molecule has 1 nitrogen and oxygen atoms in total. The molecule has 0 amide bonds. The summed E-state index contributed by atoms with van der Waals surface area (Å²) in [5.41, 5.74) is 1.88. The quantitative estimate of drug-likeness (QED) is 0.721. The van der Waals surface area contributed by atoms with Crippen LogP contribution < -0.4 is 0 Å². The molecule has 1 heterocycles. The summed E-state index contributed by atoms with van der Waals surface area (Å²) in [4.78, 5) is 0. The average molecular weight is 220 g/mol. The number of aryl methyl sites for hydroxylation is 1. The molecular formula is C15H24O. The van der Waals surface area contributed by atoms with Gasteiger partial charge in [-0.25, -0.2) is 0 Å².